The summed E-state index contributed by atoms with van der Waals surface area (Å²) in [5.41, 5.74) is 11.9. The highest BCUT2D eigenvalue weighted by atomic mass is 32.1. The second-order valence-corrected chi connectivity index (χ2v) is 35.4. The van der Waals surface area contributed by atoms with E-state index in [4.69, 9.17) is 74.6 Å². The number of carbonyl (C=O) groups excluding carboxylic acids is 4. The molecule has 20 rings (SSSR count). The van der Waals surface area contributed by atoms with E-state index in [9.17, 15) is 19.2 Å². The molecule has 0 radical (unpaired) electrons. The topological polar surface area (TPSA) is 396 Å². The van der Waals surface area contributed by atoms with Crippen molar-refractivity contribution in [2.24, 2.45) is 0 Å². The van der Waals surface area contributed by atoms with Gasteiger partial charge in [-0.1, -0.05) is 60.7 Å². The van der Waals surface area contributed by atoms with Crippen molar-refractivity contribution in [1.29, 1.82) is 15.8 Å². The van der Waals surface area contributed by atoms with Crippen LogP contribution in [0.2, 0.25) is 0 Å². The van der Waals surface area contributed by atoms with Crippen LogP contribution in [0.4, 0.5) is 23.3 Å². The number of hydrogen-bond donors (Lipinski definition) is 3. The predicted molar refractivity (Wildman–Crippen MR) is 519 cm³/mol. The molecule has 4 fully saturated rings. The first-order chi connectivity index (χ1) is 65.9. The van der Waals surface area contributed by atoms with Crippen LogP contribution in [0.5, 0.6) is 0 Å². The van der Waals surface area contributed by atoms with E-state index in [0.717, 1.165) is 105 Å². The fraction of sp³-hybridized carbons (Fsp3) is 0.258. The third kappa shape index (κ3) is 22.3. The molecule has 0 spiro atoms. The Morgan fingerprint density at radius 2 is 0.709 bits per heavy atom. The molecule has 16 aromatic rings. The van der Waals surface area contributed by atoms with E-state index in [0.29, 0.717) is 223 Å². The van der Waals surface area contributed by atoms with Crippen molar-refractivity contribution >= 4 is 144 Å². The number of nitrogens with one attached hydrogen (secondary N) is 3. The molecule has 0 aliphatic carbocycles. The van der Waals surface area contributed by atoms with Crippen LogP contribution >= 0.6 is 56.7 Å². The van der Waals surface area contributed by atoms with Gasteiger partial charge in [-0.25, -0.2) is 39.9 Å². The molecule has 3 aromatic carbocycles. The molecule has 4 amide bonds. The van der Waals surface area contributed by atoms with Crippen molar-refractivity contribution in [1.82, 2.24) is 85.6 Å². The number of amides is 4. The van der Waals surface area contributed by atoms with Crippen LogP contribution in [-0.4, -0.2) is 232 Å². The zero-order valence-corrected chi connectivity index (χ0v) is 76.9. The number of fused-ring (bicyclic) bond motifs is 4. The van der Waals surface area contributed by atoms with Crippen molar-refractivity contribution in [3.05, 3.63) is 264 Å². The number of rotatable bonds is 24. The number of anilines is 4. The van der Waals surface area contributed by atoms with Crippen molar-refractivity contribution in [2.75, 3.05) is 158 Å². The highest BCUT2D eigenvalue weighted by Gasteiger charge is 2.31. The number of ether oxygens (including phenoxy) is 4. The minimum atomic E-state index is -0.161. The van der Waals surface area contributed by atoms with Gasteiger partial charge in [0, 0.05) is 149 Å². The van der Waals surface area contributed by atoms with E-state index in [-0.39, 0.29) is 23.6 Å². The molecule has 674 valence electrons. The monoisotopic (exact) mass is 1880 g/mol. The summed E-state index contributed by atoms with van der Waals surface area (Å²) < 4.78 is 22.1. The largest absolute Gasteiger partial charge is 0.378 e. The molecule has 4 aliphatic rings. The third-order valence-corrected chi connectivity index (χ3v) is 26.6. The summed E-state index contributed by atoms with van der Waals surface area (Å²) in [6.07, 6.45) is 11.5. The molecular weight excluding hydrogens is 1790 g/mol. The summed E-state index contributed by atoms with van der Waals surface area (Å²) >= 11 is 7.36. The molecule has 0 atom stereocenters. The number of pyridine rings is 4. The average Bonchev–Trinajstić information content (AvgIpc) is 1.59. The zero-order chi connectivity index (χ0) is 91.9. The van der Waals surface area contributed by atoms with Crippen molar-refractivity contribution < 1.29 is 38.1 Å². The Balaban J connectivity index is 0.000000124. The molecule has 4 saturated heterocycles. The van der Waals surface area contributed by atoms with Gasteiger partial charge in [-0.05, 0) is 121 Å². The standard InChI is InChI=1S/C26H24N6O2S.2C25H22N6O2S.C21H20N6O2S2/c1-31(10-8-18-5-4-6-19(15-18)16-27)26(33)20-17-35-25-22(20)24(32-11-13-34-14-12-32)29-23(30-25)21-7-2-3-9-28-21;26-15-18-5-3-4-17(14-18)7-9-28-24(32)19-16-34-25-21(19)23(31-10-12-33-13-11-31)29-22(30-25)20-6-1-2-8-27-20;26-15-18-6-4-17(5-7-18)8-10-28-24(32)19-16-34-25-21(19)23(31-11-13-33-14-12-31)29-22(30-25)20-3-1-2-9-27-20;28-20(24-6-4-14-11-22-13-31-14)15-12-30-21-17(15)19(27-7-9-29-10-8-27)25-18(26-21)16-3-1-2-5-23-16/h2-7,9,15,17H,8,10-14H2,1H3;1-6,8,14,16H,7,9-13H2,(H,28,32);1-7,9,16H,8,10-14H2,(H,28,32);1-3,5,11-13H,4,6-10H2,(H,24,28). The normalized spacial score (nSPS) is 13.7. The van der Waals surface area contributed by atoms with E-state index in [2.05, 4.69) is 78.7 Å². The first kappa shape index (κ1) is 91.3. The number of thiophene rings is 4. The second-order valence-electron chi connectivity index (χ2n) is 31.0. The van der Waals surface area contributed by atoms with Gasteiger partial charge in [-0.15, -0.1) is 56.7 Å². The summed E-state index contributed by atoms with van der Waals surface area (Å²) in [6, 6.07) is 51.4. The lowest BCUT2D eigenvalue weighted by Crippen LogP contribution is -2.37. The van der Waals surface area contributed by atoms with Crippen LogP contribution in [0.1, 0.15) is 79.7 Å². The van der Waals surface area contributed by atoms with Gasteiger partial charge in [-0.2, -0.15) is 15.8 Å². The number of benzene rings is 3. The number of likely N-dealkylation sites (N-methyl/N-ethyl adjacent to an activating group) is 1. The van der Waals surface area contributed by atoms with Crippen molar-refractivity contribution in [2.45, 2.75) is 25.7 Å². The van der Waals surface area contributed by atoms with Crippen molar-refractivity contribution in [3.8, 4) is 64.3 Å². The zero-order valence-electron chi connectivity index (χ0n) is 72.8. The van der Waals surface area contributed by atoms with Gasteiger partial charge in [0.2, 0.25) is 0 Å². The number of thiazole rings is 1. The van der Waals surface area contributed by atoms with Crippen LogP contribution in [0.25, 0.3) is 86.9 Å². The Morgan fingerprint density at radius 1 is 0.373 bits per heavy atom. The summed E-state index contributed by atoms with van der Waals surface area (Å²) in [5, 5.41) is 46.8. The lowest BCUT2D eigenvalue weighted by atomic mass is 10.1. The molecule has 3 N–H and O–H groups in total. The summed E-state index contributed by atoms with van der Waals surface area (Å²) in [6.45, 7) is 12.6. The van der Waals surface area contributed by atoms with Crippen LogP contribution in [0.15, 0.2) is 204 Å². The lowest BCUT2D eigenvalue weighted by molar-refractivity contribution is 0.0797. The van der Waals surface area contributed by atoms with Gasteiger partial charge >= 0.3 is 0 Å². The smallest absolute Gasteiger partial charge is 0.255 e. The fourth-order valence-electron chi connectivity index (χ4n) is 15.3. The van der Waals surface area contributed by atoms with E-state index in [1.54, 1.807) is 77.8 Å². The molecule has 0 bridgehead atoms. The number of aromatic nitrogens is 13. The maximum Gasteiger partial charge on any atom is 0.255 e. The van der Waals surface area contributed by atoms with Crippen LogP contribution in [-0.2, 0) is 44.6 Å². The number of nitriles is 3. The number of hydrogen-bond acceptors (Lipinski definition) is 33. The molecule has 4 aliphatic heterocycles. The number of carbonyl (C=O) groups is 4. The van der Waals surface area contributed by atoms with Gasteiger partial charge in [0.05, 0.1) is 137 Å². The maximum atomic E-state index is 13.5. The van der Waals surface area contributed by atoms with Gasteiger partial charge < -0.3 is 59.4 Å². The van der Waals surface area contributed by atoms with Crippen LogP contribution < -0.4 is 35.6 Å². The van der Waals surface area contributed by atoms with Gasteiger partial charge in [0.1, 0.15) is 65.4 Å². The minimum Gasteiger partial charge on any atom is -0.378 e. The number of morpholine rings is 4. The maximum absolute atomic E-state index is 13.5. The molecule has 37 heteroatoms. The first-order valence-corrected chi connectivity index (χ1v) is 47.9. The van der Waals surface area contributed by atoms with Crippen LogP contribution in [0.3, 0.4) is 0 Å². The van der Waals surface area contributed by atoms with E-state index in [1.165, 1.54) is 45.3 Å². The molecule has 17 heterocycles. The highest BCUT2D eigenvalue weighted by Crippen LogP contribution is 2.40. The fourth-order valence-corrected chi connectivity index (χ4v) is 19.6. The Hall–Kier alpha value is -14.6. The summed E-state index contributed by atoms with van der Waals surface area (Å²) in [7, 11) is 1.80. The molecule has 134 heavy (non-hydrogen) atoms. The molecule has 13 aromatic heterocycles. The quantitative estimate of drug-likeness (QED) is 0.0506. The van der Waals surface area contributed by atoms with Gasteiger partial charge in [-0.3, -0.25) is 44.1 Å². The van der Waals surface area contributed by atoms with Gasteiger partial charge in [0.25, 0.3) is 23.6 Å². The van der Waals surface area contributed by atoms with Gasteiger partial charge in [0.15, 0.2) is 23.3 Å². The lowest BCUT2D eigenvalue weighted by Gasteiger charge is -2.29. The third-order valence-electron chi connectivity index (χ3n) is 22.3. The molecule has 0 unspecified atom stereocenters. The Bertz CT molecular complexity index is 6920. The summed E-state index contributed by atoms with van der Waals surface area (Å²) in [5.74, 6) is 4.70. The first-order valence-electron chi connectivity index (χ1n) is 43.5. The van der Waals surface area contributed by atoms with E-state index in [1.807, 2.05) is 149 Å². The molecular formula is C97H88N24O8S5. The Morgan fingerprint density at radius 3 is 1.04 bits per heavy atom. The number of nitrogens with zero attached hydrogens (tertiary/aromatic N) is 21. The predicted octanol–water partition coefficient (Wildman–Crippen LogP) is 13.7. The van der Waals surface area contributed by atoms with Crippen LogP contribution in [0, 0.1) is 34.0 Å². The van der Waals surface area contributed by atoms with Crippen molar-refractivity contribution in [3.63, 3.8) is 0 Å². The minimum absolute atomic E-state index is 0.0728. The molecule has 32 nitrogen and oxygen atoms in total. The Kier molecular flexibility index (Phi) is 30.4. The average molecular weight is 1880 g/mol. The van der Waals surface area contributed by atoms with E-state index >= 15 is 0 Å². The summed E-state index contributed by atoms with van der Waals surface area (Å²) in [4.78, 5) is 127. The SMILES string of the molecule is CN(CCc1cccc(C#N)c1)C(=O)c1csc2nc(-c3ccccn3)nc(N3CCOCC3)c12.N#Cc1ccc(CCNC(=O)c2csc3nc(-c4ccccn4)nc(N4CCOCC4)c23)cc1.N#Cc1cccc(CCNC(=O)c2csc3nc(-c4ccccn4)nc(N4CCOCC4)c23)c1.O=C(NCCc1cncs1)c1csc2nc(-c3ccccn3)nc(N3CCOCC3)c12. The second kappa shape index (κ2) is 44.6. The Labute approximate surface area is 790 Å². The molecule has 0 saturated carbocycles. The van der Waals surface area contributed by atoms with E-state index < -0.39 is 0 Å². The highest BCUT2D eigenvalue weighted by molar-refractivity contribution is 7.18.